The van der Waals surface area contributed by atoms with Crippen LogP contribution in [-0.4, -0.2) is 26.7 Å². The molecule has 6 rings (SSSR count). The quantitative estimate of drug-likeness (QED) is 0.228. The number of hydrogen-bond donors (Lipinski definition) is 0. The van der Waals surface area contributed by atoms with Crippen molar-refractivity contribution >= 4 is 33.0 Å². The van der Waals surface area contributed by atoms with Gasteiger partial charge in [-0.1, -0.05) is 84.4 Å². The van der Waals surface area contributed by atoms with Gasteiger partial charge in [-0.2, -0.15) is 0 Å². The van der Waals surface area contributed by atoms with Gasteiger partial charge in [0.15, 0.2) is 4.96 Å². The number of hydrogen-bond acceptors (Lipinski definition) is 3. The van der Waals surface area contributed by atoms with Gasteiger partial charge >= 0.3 is 0 Å². The van der Waals surface area contributed by atoms with E-state index in [1.807, 2.05) is 54.3 Å². The van der Waals surface area contributed by atoms with Gasteiger partial charge in [-0.25, -0.2) is 4.98 Å². The molecule has 0 aliphatic carbocycles. The number of thiazole rings is 1. The number of carbonyl (C=O) groups is 1. The van der Waals surface area contributed by atoms with E-state index < -0.39 is 0 Å². The lowest BCUT2D eigenvalue weighted by Gasteiger charge is -2.23. The summed E-state index contributed by atoms with van der Waals surface area (Å²) in [6.07, 6.45) is 2.87. The van der Waals surface area contributed by atoms with Gasteiger partial charge in [0.1, 0.15) is 0 Å². The summed E-state index contributed by atoms with van der Waals surface area (Å²) >= 11 is 1.64. The van der Waals surface area contributed by atoms with Crippen LogP contribution in [0.25, 0.3) is 27.0 Å². The number of fused-ring (bicyclic) bond motifs is 2. The van der Waals surface area contributed by atoms with Crippen molar-refractivity contribution in [3.63, 3.8) is 0 Å². The Morgan fingerprint density at radius 1 is 0.892 bits per heavy atom. The van der Waals surface area contributed by atoms with Crippen LogP contribution in [0, 0.1) is 6.92 Å². The number of benzene rings is 4. The molecule has 0 unspecified atom stereocenters. The summed E-state index contributed by atoms with van der Waals surface area (Å²) in [5.41, 5.74) is 6.23. The summed E-state index contributed by atoms with van der Waals surface area (Å²) in [4.78, 5) is 21.3. The van der Waals surface area contributed by atoms with Crippen LogP contribution in [-0.2, 0) is 13.0 Å². The largest absolute Gasteiger partial charge is 0.334 e. The second kappa shape index (κ2) is 10.0. The van der Waals surface area contributed by atoms with Crippen LogP contribution >= 0.6 is 11.3 Å². The van der Waals surface area contributed by atoms with Crippen molar-refractivity contribution < 1.29 is 4.79 Å². The van der Waals surface area contributed by atoms with Gasteiger partial charge in [0.2, 0.25) is 0 Å². The van der Waals surface area contributed by atoms with Crippen LogP contribution < -0.4 is 0 Å². The fourth-order valence-electron chi connectivity index (χ4n) is 4.68. The molecule has 4 nitrogen and oxygen atoms in total. The predicted octanol–water partition coefficient (Wildman–Crippen LogP) is 7.41. The van der Waals surface area contributed by atoms with Crippen LogP contribution in [0.1, 0.15) is 27.2 Å². The zero-order valence-corrected chi connectivity index (χ0v) is 21.5. The Labute approximate surface area is 220 Å². The molecule has 4 aromatic carbocycles. The van der Waals surface area contributed by atoms with Crippen molar-refractivity contribution in [2.75, 3.05) is 6.54 Å². The summed E-state index contributed by atoms with van der Waals surface area (Å²) in [6, 6.07) is 32.9. The highest BCUT2D eigenvalue weighted by atomic mass is 32.1. The molecule has 0 spiro atoms. The lowest BCUT2D eigenvalue weighted by Crippen LogP contribution is -2.32. The summed E-state index contributed by atoms with van der Waals surface area (Å²) in [5.74, 6) is 0.0535. The first-order valence-corrected chi connectivity index (χ1v) is 13.4. The molecule has 1 amide bonds. The minimum absolute atomic E-state index is 0.0535. The Bertz CT molecular complexity index is 1680. The fraction of sp³-hybridized carbons (Fsp3) is 0.125. The van der Waals surface area contributed by atoms with E-state index in [0.717, 1.165) is 45.0 Å². The van der Waals surface area contributed by atoms with Gasteiger partial charge in [-0.15, -0.1) is 11.3 Å². The van der Waals surface area contributed by atoms with Crippen LogP contribution in [0.5, 0.6) is 0 Å². The zero-order valence-electron chi connectivity index (χ0n) is 20.7. The van der Waals surface area contributed by atoms with E-state index in [-0.39, 0.29) is 5.91 Å². The Morgan fingerprint density at radius 2 is 1.65 bits per heavy atom. The molecule has 0 aliphatic rings. The number of carbonyl (C=O) groups excluding carboxylic acids is 1. The highest BCUT2D eigenvalue weighted by Gasteiger charge is 2.18. The lowest BCUT2D eigenvalue weighted by atomic mass is 10.1. The number of rotatable bonds is 7. The molecule has 0 saturated carbocycles. The molecule has 0 saturated heterocycles. The van der Waals surface area contributed by atoms with E-state index in [9.17, 15) is 4.79 Å². The monoisotopic (exact) mass is 501 g/mol. The maximum Gasteiger partial charge on any atom is 0.254 e. The summed E-state index contributed by atoms with van der Waals surface area (Å²) in [5, 5.41) is 4.59. The van der Waals surface area contributed by atoms with E-state index in [4.69, 9.17) is 4.98 Å². The van der Waals surface area contributed by atoms with E-state index in [1.165, 1.54) is 10.8 Å². The molecule has 182 valence electrons. The number of amides is 1. The summed E-state index contributed by atoms with van der Waals surface area (Å²) in [6.45, 7) is 3.24. The molecule has 5 heteroatoms. The minimum atomic E-state index is 0.0535. The van der Waals surface area contributed by atoms with Gasteiger partial charge in [0, 0.05) is 47.9 Å². The Morgan fingerprint density at radius 3 is 2.46 bits per heavy atom. The predicted molar refractivity (Wildman–Crippen MR) is 152 cm³/mol. The molecule has 2 heterocycles. The molecule has 37 heavy (non-hydrogen) atoms. The third-order valence-corrected chi connectivity index (χ3v) is 7.66. The molecular formula is C32H27N3OS. The number of nitrogens with zero attached hydrogens (tertiary/aromatic N) is 3. The summed E-state index contributed by atoms with van der Waals surface area (Å²) in [7, 11) is 0. The third kappa shape index (κ3) is 4.91. The second-order valence-electron chi connectivity index (χ2n) is 9.40. The maximum atomic E-state index is 13.5. The second-order valence-corrected chi connectivity index (χ2v) is 10.2. The molecule has 0 radical (unpaired) electrons. The van der Waals surface area contributed by atoms with Crippen LogP contribution in [0.2, 0.25) is 0 Å². The van der Waals surface area contributed by atoms with Gasteiger partial charge in [0.05, 0.1) is 5.69 Å². The molecule has 0 N–H and O–H groups in total. The molecule has 2 aromatic heterocycles. The van der Waals surface area contributed by atoms with E-state index in [2.05, 4.69) is 70.6 Å². The fourth-order valence-corrected chi connectivity index (χ4v) is 5.59. The van der Waals surface area contributed by atoms with Gasteiger partial charge < -0.3 is 4.90 Å². The van der Waals surface area contributed by atoms with E-state index >= 15 is 0 Å². The van der Waals surface area contributed by atoms with Crippen LogP contribution in [0.4, 0.5) is 0 Å². The average molecular weight is 502 g/mol. The van der Waals surface area contributed by atoms with Crippen molar-refractivity contribution in [3.05, 3.63) is 131 Å². The maximum absolute atomic E-state index is 13.5. The first-order valence-electron chi connectivity index (χ1n) is 12.5. The van der Waals surface area contributed by atoms with Crippen molar-refractivity contribution in [2.45, 2.75) is 19.9 Å². The highest BCUT2D eigenvalue weighted by molar-refractivity contribution is 7.15. The lowest BCUT2D eigenvalue weighted by molar-refractivity contribution is 0.0744. The SMILES string of the molecule is Cc1ccc(C(=O)N(CCc2csc3nc(-c4ccc5ccccc5c4)cn23)Cc2ccccc2)cc1. The first-order chi connectivity index (χ1) is 18.1. The van der Waals surface area contributed by atoms with Gasteiger partial charge in [-0.05, 0) is 41.5 Å². The molecule has 0 aliphatic heterocycles. The Balaban J connectivity index is 1.26. The highest BCUT2D eigenvalue weighted by Crippen LogP contribution is 2.27. The average Bonchev–Trinajstić information content (AvgIpc) is 3.53. The molecular weight excluding hydrogens is 474 g/mol. The first kappa shape index (κ1) is 23.2. The topological polar surface area (TPSA) is 37.6 Å². The molecule has 0 bridgehead atoms. The van der Waals surface area contributed by atoms with Crippen LogP contribution in [0.15, 0.2) is 109 Å². The van der Waals surface area contributed by atoms with Crippen molar-refractivity contribution in [2.24, 2.45) is 0 Å². The van der Waals surface area contributed by atoms with Crippen LogP contribution in [0.3, 0.4) is 0 Å². The summed E-state index contributed by atoms with van der Waals surface area (Å²) < 4.78 is 2.17. The van der Waals surface area contributed by atoms with E-state index in [0.29, 0.717) is 13.1 Å². The minimum Gasteiger partial charge on any atom is -0.334 e. The molecule has 6 aromatic rings. The number of imidazole rings is 1. The standard InChI is InChI=1S/C32H27N3OS/c1-23-11-13-26(14-12-23)31(36)34(20-24-7-3-2-4-8-24)18-17-29-22-37-32-33-30(21-35(29)32)28-16-15-25-9-5-6-10-27(25)19-28/h2-16,19,21-22H,17-18,20H2,1H3. The molecule has 0 atom stereocenters. The third-order valence-electron chi connectivity index (χ3n) is 6.77. The smallest absolute Gasteiger partial charge is 0.254 e. The zero-order chi connectivity index (χ0) is 25.2. The number of aryl methyl sites for hydroxylation is 1. The van der Waals surface area contributed by atoms with Gasteiger partial charge in [0.25, 0.3) is 5.91 Å². The van der Waals surface area contributed by atoms with E-state index in [1.54, 1.807) is 11.3 Å². The Kier molecular flexibility index (Phi) is 6.29. The number of aromatic nitrogens is 2. The van der Waals surface area contributed by atoms with Crippen molar-refractivity contribution in [3.8, 4) is 11.3 Å². The van der Waals surface area contributed by atoms with Crippen molar-refractivity contribution in [1.29, 1.82) is 0 Å². The Hall–Kier alpha value is -4.22. The van der Waals surface area contributed by atoms with Gasteiger partial charge in [-0.3, -0.25) is 9.20 Å². The normalized spacial score (nSPS) is 11.3. The molecule has 0 fully saturated rings. The van der Waals surface area contributed by atoms with Crippen molar-refractivity contribution in [1.82, 2.24) is 14.3 Å².